The van der Waals surface area contributed by atoms with E-state index in [9.17, 15) is 4.79 Å². The van der Waals surface area contributed by atoms with Gasteiger partial charge in [0.2, 0.25) is 11.9 Å². The fourth-order valence-electron chi connectivity index (χ4n) is 3.02. The lowest BCUT2D eigenvalue weighted by atomic mass is 10.2. The van der Waals surface area contributed by atoms with Crippen LogP contribution < -0.4 is 10.6 Å². The van der Waals surface area contributed by atoms with E-state index < -0.39 is 0 Å². The van der Waals surface area contributed by atoms with Crippen LogP contribution in [-0.4, -0.2) is 56.4 Å². The molecular formula is C23H24N8O. The predicted octanol–water partition coefficient (Wildman–Crippen LogP) is 3.56. The number of H-pyrrole nitrogens is 1. The smallest absolute Gasteiger partial charge is 0.227 e. The molecule has 4 aromatic rings. The van der Waals surface area contributed by atoms with Gasteiger partial charge in [0.15, 0.2) is 0 Å². The molecule has 0 saturated carbocycles. The molecule has 32 heavy (non-hydrogen) atoms. The number of imidazole rings is 1. The Morgan fingerprint density at radius 3 is 2.72 bits per heavy atom. The van der Waals surface area contributed by atoms with Gasteiger partial charge in [-0.3, -0.25) is 9.78 Å². The van der Waals surface area contributed by atoms with E-state index in [0.29, 0.717) is 30.3 Å². The van der Waals surface area contributed by atoms with Gasteiger partial charge in [0.1, 0.15) is 5.82 Å². The Balaban J connectivity index is 1.46. The molecule has 1 aromatic carbocycles. The lowest BCUT2D eigenvalue weighted by Gasteiger charge is -2.11. The Labute approximate surface area is 186 Å². The van der Waals surface area contributed by atoms with Crippen LogP contribution in [0.4, 0.5) is 17.3 Å². The van der Waals surface area contributed by atoms with Crippen LogP contribution in [0, 0.1) is 0 Å². The van der Waals surface area contributed by atoms with Crippen LogP contribution in [-0.2, 0) is 4.79 Å². The first-order valence-electron chi connectivity index (χ1n) is 10.2. The summed E-state index contributed by atoms with van der Waals surface area (Å²) in [6, 6.07) is 13.1. The zero-order valence-corrected chi connectivity index (χ0v) is 17.9. The normalized spacial score (nSPS) is 10.8. The Hall–Kier alpha value is -4.11. The Morgan fingerprint density at radius 1 is 1.03 bits per heavy atom. The third-order valence-corrected chi connectivity index (χ3v) is 4.63. The lowest BCUT2D eigenvalue weighted by molar-refractivity contribution is -0.116. The van der Waals surface area contributed by atoms with Crippen LogP contribution in [0.25, 0.3) is 22.8 Å². The number of pyridine rings is 1. The molecule has 162 valence electrons. The maximum absolute atomic E-state index is 12.1. The highest BCUT2D eigenvalue weighted by atomic mass is 16.1. The number of hydrogen-bond acceptors (Lipinski definition) is 7. The molecule has 3 heterocycles. The van der Waals surface area contributed by atoms with E-state index in [2.05, 4.69) is 35.6 Å². The number of aromatic nitrogens is 5. The summed E-state index contributed by atoms with van der Waals surface area (Å²) < 4.78 is 0. The third kappa shape index (κ3) is 5.52. The van der Waals surface area contributed by atoms with Crippen molar-refractivity contribution in [2.75, 3.05) is 31.3 Å². The number of nitrogens with zero attached hydrogens (tertiary/aromatic N) is 5. The highest BCUT2D eigenvalue weighted by Crippen LogP contribution is 2.22. The SMILES string of the molecule is CN(C)CCC(=O)Nc1cccc(Nc2nccc(-c3cnc(-c4cccnc4)[nH]3)n2)c1. The number of carbonyl (C=O) groups excluding carboxylic acids is 1. The first kappa shape index (κ1) is 21.1. The Kier molecular flexibility index (Phi) is 6.47. The number of amides is 1. The molecule has 0 atom stereocenters. The number of benzene rings is 1. The molecular weight excluding hydrogens is 404 g/mol. The molecule has 0 bridgehead atoms. The minimum atomic E-state index is -0.0298. The molecule has 0 spiro atoms. The third-order valence-electron chi connectivity index (χ3n) is 4.63. The molecule has 9 heteroatoms. The van der Waals surface area contributed by atoms with Gasteiger partial charge in [0, 0.05) is 48.5 Å². The molecule has 9 nitrogen and oxygen atoms in total. The maximum atomic E-state index is 12.1. The van der Waals surface area contributed by atoms with E-state index in [0.717, 1.165) is 22.8 Å². The highest BCUT2D eigenvalue weighted by molar-refractivity contribution is 5.91. The first-order valence-corrected chi connectivity index (χ1v) is 10.2. The monoisotopic (exact) mass is 428 g/mol. The van der Waals surface area contributed by atoms with Crippen LogP contribution in [0.5, 0.6) is 0 Å². The summed E-state index contributed by atoms with van der Waals surface area (Å²) in [6.45, 7) is 0.695. The summed E-state index contributed by atoms with van der Waals surface area (Å²) in [5, 5.41) is 6.10. The molecule has 0 radical (unpaired) electrons. The van der Waals surface area contributed by atoms with Gasteiger partial charge in [-0.25, -0.2) is 15.0 Å². The zero-order valence-electron chi connectivity index (χ0n) is 17.9. The standard InChI is InChI=1S/C23H24N8O/c1-31(2)12-9-21(32)27-17-6-3-7-18(13-17)28-23-25-11-8-19(30-23)20-15-26-22(29-20)16-5-4-10-24-14-16/h3-8,10-11,13-15H,9,12H2,1-2H3,(H,26,29)(H,27,32)(H,25,28,30). The molecule has 0 aliphatic carbocycles. The van der Waals surface area contributed by atoms with Crippen LogP contribution >= 0.6 is 0 Å². The summed E-state index contributed by atoms with van der Waals surface area (Å²) in [5.41, 5.74) is 3.86. The Morgan fingerprint density at radius 2 is 1.91 bits per heavy atom. The number of hydrogen-bond donors (Lipinski definition) is 3. The summed E-state index contributed by atoms with van der Waals surface area (Å²) in [4.78, 5) is 34.8. The summed E-state index contributed by atoms with van der Waals surface area (Å²) in [6.07, 6.45) is 7.32. The van der Waals surface area contributed by atoms with Crippen molar-refractivity contribution >= 4 is 23.2 Å². The second kappa shape index (κ2) is 9.80. The second-order valence-corrected chi connectivity index (χ2v) is 7.46. The maximum Gasteiger partial charge on any atom is 0.227 e. The van der Waals surface area contributed by atoms with Gasteiger partial charge in [-0.05, 0) is 50.5 Å². The molecule has 4 rings (SSSR count). The number of carbonyl (C=O) groups is 1. The van der Waals surface area contributed by atoms with Crippen LogP contribution in [0.2, 0.25) is 0 Å². The topological polar surface area (TPSA) is 112 Å². The lowest BCUT2D eigenvalue weighted by Crippen LogP contribution is -2.20. The average molecular weight is 429 g/mol. The largest absolute Gasteiger partial charge is 0.337 e. The first-order chi connectivity index (χ1) is 15.6. The van der Waals surface area contributed by atoms with Gasteiger partial charge in [0.05, 0.1) is 17.6 Å². The van der Waals surface area contributed by atoms with E-state index in [4.69, 9.17) is 0 Å². The van der Waals surface area contributed by atoms with Gasteiger partial charge in [0.25, 0.3) is 0 Å². The van der Waals surface area contributed by atoms with Crippen molar-refractivity contribution in [1.29, 1.82) is 0 Å². The average Bonchev–Trinajstić information content (AvgIpc) is 3.29. The highest BCUT2D eigenvalue weighted by Gasteiger charge is 2.09. The van der Waals surface area contributed by atoms with Crippen molar-refractivity contribution < 1.29 is 4.79 Å². The van der Waals surface area contributed by atoms with Crippen LogP contribution in [0.15, 0.2) is 67.3 Å². The molecule has 0 saturated heterocycles. The van der Waals surface area contributed by atoms with E-state index >= 15 is 0 Å². The van der Waals surface area contributed by atoms with Crippen LogP contribution in [0.3, 0.4) is 0 Å². The fraction of sp³-hybridized carbons (Fsp3) is 0.174. The van der Waals surface area contributed by atoms with Crippen molar-refractivity contribution in [3.05, 3.63) is 67.3 Å². The molecule has 1 amide bonds. The van der Waals surface area contributed by atoms with Crippen molar-refractivity contribution in [1.82, 2.24) is 29.8 Å². The molecule has 0 unspecified atom stereocenters. The van der Waals surface area contributed by atoms with Gasteiger partial charge >= 0.3 is 0 Å². The van der Waals surface area contributed by atoms with Crippen molar-refractivity contribution in [2.24, 2.45) is 0 Å². The number of anilines is 3. The van der Waals surface area contributed by atoms with Gasteiger partial charge in [-0.15, -0.1) is 0 Å². The molecule has 0 aliphatic rings. The molecule has 0 fully saturated rings. The van der Waals surface area contributed by atoms with Crippen molar-refractivity contribution in [3.63, 3.8) is 0 Å². The number of nitrogens with one attached hydrogen (secondary N) is 3. The quantitative estimate of drug-likeness (QED) is 0.393. The number of aromatic amines is 1. The minimum absolute atomic E-state index is 0.0298. The number of rotatable bonds is 8. The van der Waals surface area contributed by atoms with Gasteiger partial charge < -0.3 is 20.5 Å². The molecule has 0 aliphatic heterocycles. The summed E-state index contributed by atoms with van der Waals surface area (Å²) in [5.74, 6) is 1.13. The van der Waals surface area contributed by atoms with E-state index in [1.807, 2.05) is 61.5 Å². The van der Waals surface area contributed by atoms with E-state index in [-0.39, 0.29) is 5.91 Å². The van der Waals surface area contributed by atoms with Crippen molar-refractivity contribution in [2.45, 2.75) is 6.42 Å². The van der Waals surface area contributed by atoms with Crippen LogP contribution in [0.1, 0.15) is 6.42 Å². The molecule has 3 aromatic heterocycles. The van der Waals surface area contributed by atoms with Gasteiger partial charge in [-0.1, -0.05) is 6.07 Å². The second-order valence-electron chi connectivity index (χ2n) is 7.46. The molecule has 3 N–H and O–H groups in total. The van der Waals surface area contributed by atoms with Gasteiger partial charge in [-0.2, -0.15) is 0 Å². The predicted molar refractivity (Wildman–Crippen MR) is 124 cm³/mol. The fourth-order valence-corrected chi connectivity index (χ4v) is 3.02. The summed E-state index contributed by atoms with van der Waals surface area (Å²) in [7, 11) is 3.88. The van der Waals surface area contributed by atoms with E-state index in [1.54, 1.807) is 24.8 Å². The summed E-state index contributed by atoms with van der Waals surface area (Å²) >= 11 is 0. The minimum Gasteiger partial charge on any atom is -0.337 e. The van der Waals surface area contributed by atoms with E-state index in [1.165, 1.54) is 0 Å². The van der Waals surface area contributed by atoms with Crippen molar-refractivity contribution in [3.8, 4) is 22.8 Å². The Bertz CT molecular complexity index is 1190. The zero-order chi connectivity index (χ0) is 22.3.